The standard InChI is InChI=1S/C19H25N7O3S2.C18H23N7O3S2/c1-12(2)16-21-18(29-23-16)26-9-7-14(8-10-26)25(3)19-22-17(24-30-19)13-5-6-15(20-11-13)31(4,27)28;1-11(2)15-22-18(28-23-15)25-8-6-13(7-9-25)20-17-21-16(24-29-17)12-4-5-14(19-10-12)30(3,26)27/h5-6,11-12,14H,7-10H2,1-4H3;4-5,10-11,13H,6-9H2,1-3H3,(H,20,21,24). The van der Waals surface area contributed by atoms with Crippen LogP contribution in [0.15, 0.2) is 55.8 Å². The first-order valence-electron chi connectivity index (χ1n) is 19.7. The molecule has 2 aliphatic rings. The molecule has 2 aliphatic heterocycles. The summed E-state index contributed by atoms with van der Waals surface area (Å²) in [7, 11) is -4.63. The minimum atomic E-state index is -3.33. The van der Waals surface area contributed by atoms with Gasteiger partial charge in [-0.1, -0.05) is 38.0 Å². The lowest BCUT2D eigenvalue weighted by Crippen LogP contribution is -2.43. The molecule has 1 N–H and O–H groups in total. The van der Waals surface area contributed by atoms with Crippen molar-refractivity contribution >= 4 is 65.0 Å². The molecular formula is C37H48N14O6S4. The van der Waals surface area contributed by atoms with Crippen molar-refractivity contribution in [3.63, 3.8) is 0 Å². The second kappa shape index (κ2) is 18.4. The van der Waals surface area contributed by atoms with Gasteiger partial charge in [-0.3, -0.25) is 0 Å². The maximum atomic E-state index is 11.6. The van der Waals surface area contributed by atoms with Crippen molar-refractivity contribution in [1.82, 2.24) is 49.0 Å². The monoisotopic (exact) mass is 912 g/mol. The third-order valence-electron chi connectivity index (χ3n) is 10.2. The summed E-state index contributed by atoms with van der Waals surface area (Å²) < 4.78 is 65.8. The highest BCUT2D eigenvalue weighted by Crippen LogP contribution is 2.30. The van der Waals surface area contributed by atoms with Gasteiger partial charge >= 0.3 is 12.0 Å². The van der Waals surface area contributed by atoms with Crippen LogP contribution in [0.3, 0.4) is 0 Å². The molecule has 0 aromatic carbocycles. The molecule has 0 bridgehead atoms. The first kappa shape index (κ1) is 43.9. The number of nitrogens with one attached hydrogen (secondary N) is 1. The molecule has 6 aromatic rings. The summed E-state index contributed by atoms with van der Waals surface area (Å²) in [6, 6.07) is 8.08. The number of piperidine rings is 2. The Morgan fingerprint density at radius 2 is 1.16 bits per heavy atom. The van der Waals surface area contributed by atoms with Crippen LogP contribution in [0.2, 0.25) is 0 Å². The quantitative estimate of drug-likeness (QED) is 0.166. The van der Waals surface area contributed by atoms with Gasteiger partial charge in [-0.25, -0.2) is 26.8 Å². The van der Waals surface area contributed by atoms with Gasteiger partial charge in [0, 0.05) is 116 Å². The third kappa shape index (κ3) is 10.8. The molecule has 2 saturated heterocycles. The summed E-state index contributed by atoms with van der Waals surface area (Å²) in [5, 5.41) is 13.1. The summed E-state index contributed by atoms with van der Waals surface area (Å²) in [4.78, 5) is 32.5. The van der Waals surface area contributed by atoms with Gasteiger partial charge in [-0.05, 0) is 49.9 Å². The molecular weight excluding hydrogens is 865 g/mol. The Kier molecular flexibility index (Phi) is 13.2. The predicted octanol–water partition coefficient (Wildman–Crippen LogP) is 5.21. The van der Waals surface area contributed by atoms with E-state index in [-0.39, 0.29) is 27.9 Å². The first-order chi connectivity index (χ1) is 29.0. The van der Waals surface area contributed by atoms with Gasteiger partial charge in [0.25, 0.3) is 0 Å². The van der Waals surface area contributed by atoms with Crippen molar-refractivity contribution in [2.45, 2.75) is 87.3 Å². The summed E-state index contributed by atoms with van der Waals surface area (Å²) in [6.45, 7) is 11.5. The fourth-order valence-corrected chi connectivity index (χ4v) is 9.01. The van der Waals surface area contributed by atoms with Crippen molar-refractivity contribution < 1.29 is 25.9 Å². The lowest BCUT2D eigenvalue weighted by atomic mass is 10.0. The predicted molar refractivity (Wildman–Crippen MR) is 232 cm³/mol. The Labute approximate surface area is 362 Å². The van der Waals surface area contributed by atoms with Crippen LogP contribution in [-0.2, 0) is 19.7 Å². The highest BCUT2D eigenvalue weighted by atomic mass is 32.2. The number of hydrogen-bond donors (Lipinski definition) is 1. The number of hydrogen-bond acceptors (Lipinski definition) is 22. The van der Waals surface area contributed by atoms with E-state index in [0.29, 0.717) is 40.8 Å². The number of aromatic nitrogens is 10. The van der Waals surface area contributed by atoms with Gasteiger partial charge < -0.3 is 29.1 Å². The van der Waals surface area contributed by atoms with Crippen LogP contribution in [0.1, 0.15) is 76.9 Å². The average Bonchev–Trinajstić information content (AvgIpc) is 4.09. The summed E-state index contributed by atoms with van der Waals surface area (Å²) in [5.74, 6) is 3.01. The Morgan fingerprint density at radius 1 is 0.689 bits per heavy atom. The topological polar surface area (TPSA) is 245 Å². The summed E-state index contributed by atoms with van der Waals surface area (Å²) >= 11 is 2.60. The molecule has 8 heterocycles. The molecule has 0 spiro atoms. The molecule has 20 nitrogen and oxygen atoms in total. The molecule has 326 valence electrons. The maximum Gasteiger partial charge on any atom is 0.324 e. The minimum Gasteiger partial charge on any atom is -0.357 e. The summed E-state index contributed by atoms with van der Waals surface area (Å²) in [6.07, 6.45) is 8.96. The third-order valence-corrected chi connectivity index (χ3v) is 13.6. The Bertz CT molecular complexity index is 2590. The van der Waals surface area contributed by atoms with Crippen molar-refractivity contribution in [1.29, 1.82) is 0 Å². The average molecular weight is 913 g/mol. The van der Waals surface area contributed by atoms with Gasteiger partial charge in [0.15, 0.2) is 53.0 Å². The van der Waals surface area contributed by atoms with Crippen molar-refractivity contribution in [3.05, 3.63) is 48.3 Å². The van der Waals surface area contributed by atoms with Crippen LogP contribution in [0.25, 0.3) is 22.8 Å². The number of anilines is 4. The lowest BCUT2D eigenvalue weighted by molar-refractivity contribution is 0.384. The lowest BCUT2D eigenvalue weighted by Gasteiger charge is -2.35. The molecule has 0 radical (unpaired) electrons. The number of sulfone groups is 2. The smallest absolute Gasteiger partial charge is 0.324 e. The zero-order valence-electron chi connectivity index (χ0n) is 34.8. The second-order valence-corrected chi connectivity index (χ2v) is 21.0. The largest absolute Gasteiger partial charge is 0.357 e. The molecule has 0 unspecified atom stereocenters. The van der Waals surface area contributed by atoms with Crippen LogP contribution in [0.4, 0.5) is 22.3 Å². The molecule has 61 heavy (non-hydrogen) atoms. The van der Waals surface area contributed by atoms with E-state index < -0.39 is 19.7 Å². The minimum absolute atomic E-state index is 0.0355. The number of rotatable bonds is 12. The van der Waals surface area contributed by atoms with E-state index in [0.717, 1.165) is 86.3 Å². The second-order valence-electron chi connectivity index (χ2n) is 15.6. The molecule has 24 heteroatoms. The van der Waals surface area contributed by atoms with Gasteiger partial charge in [0.05, 0.1) is 0 Å². The van der Waals surface area contributed by atoms with Gasteiger partial charge in [-0.2, -0.15) is 28.7 Å². The Morgan fingerprint density at radius 3 is 1.61 bits per heavy atom. The molecule has 0 aliphatic carbocycles. The zero-order chi connectivity index (χ0) is 43.5. The maximum absolute atomic E-state index is 11.6. The zero-order valence-corrected chi connectivity index (χ0v) is 38.1. The molecule has 6 aromatic heterocycles. The van der Waals surface area contributed by atoms with E-state index in [9.17, 15) is 16.8 Å². The van der Waals surface area contributed by atoms with Crippen molar-refractivity contribution in [3.8, 4) is 22.8 Å². The molecule has 8 rings (SSSR count). The highest BCUT2D eigenvalue weighted by molar-refractivity contribution is 7.90. The van der Waals surface area contributed by atoms with Gasteiger partial charge in [-0.15, -0.1) is 0 Å². The number of pyridine rings is 2. The van der Waals surface area contributed by atoms with Crippen molar-refractivity contribution in [2.24, 2.45) is 0 Å². The van der Waals surface area contributed by atoms with E-state index >= 15 is 0 Å². The molecule has 2 fully saturated rings. The molecule has 0 saturated carbocycles. The first-order valence-corrected chi connectivity index (χ1v) is 25.0. The fourth-order valence-electron chi connectivity index (χ4n) is 6.51. The van der Waals surface area contributed by atoms with Gasteiger partial charge in [0.2, 0.25) is 10.3 Å². The van der Waals surface area contributed by atoms with E-state index in [1.807, 2.05) is 34.7 Å². The summed E-state index contributed by atoms with van der Waals surface area (Å²) in [5.41, 5.74) is 1.37. The SMILES string of the molecule is CC(C)c1noc(N2CCC(N(C)c3nc(-c4ccc(S(C)(=O)=O)nc4)ns3)CC2)n1.CC(C)c1noc(N2CCC(Nc3nc(-c4ccc(S(C)(=O)=O)nc4)ns3)CC2)n1. The molecule has 0 amide bonds. The number of nitrogens with zero attached hydrogens (tertiary/aromatic N) is 13. The Balaban J connectivity index is 0.000000184. The van der Waals surface area contributed by atoms with E-state index in [1.54, 1.807) is 12.1 Å². The highest BCUT2D eigenvalue weighted by Gasteiger charge is 2.28. The van der Waals surface area contributed by atoms with Crippen LogP contribution < -0.4 is 20.0 Å². The normalized spacial score (nSPS) is 15.6. The van der Waals surface area contributed by atoms with E-state index in [2.05, 4.69) is 69.0 Å². The van der Waals surface area contributed by atoms with Crippen LogP contribution >= 0.6 is 23.1 Å². The van der Waals surface area contributed by atoms with Crippen LogP contribution in [0, 0.1) is 0 Å². The van der Waals surface area contributed by atoms with Crippen molar-refractivity contribution in [2.75, 3.05) is 65.8 Å². The van der Waals surface area contributed by atoms with Crippen LogP contribution in [0.5, 0.6) is 0 Å². The van der Waals surface area contributed by atoms with E-state index in [4.69, 9.17) is 9.05 Å². The fraction of sp³-hybridized carbons (Fsp3) is 0.514. The Hall–Kier alpha value is -5.20. The molecule has 0 atom stereocenters. The van der Waals surface area contributed by atoms with Crippen LogP contribution in [-0.4, -0.2) is 124 Å². The van der Waals surface area contributed by atoms with Gasteiger partial charge in [0.1, 0.15) is 0 Å². The van der Waals surface area contributed by atoms with E-state index in [1.165, 1.54) is 47.6 Å².